The Balaban J connectivity index is 2.14. The fourth-order valence-electron chi connectivity index (χ4n) is 2.28. The Labute approximate surface area is 129 Å². The third kappa shape index (κ3) is 3.23. The lowest BCUT2D eigenvalue weighted by atomic mass is 9.97. The fourth-order valence-corrected chi connectivity index (χ4v) is 2.68. The molecule has 2 aromatic rings. The Bertz CT molecular complexity index is 590. The first kappa shape index (κ1) is 15.1. The maximum Gasteiger partial charge on any atom is 0.122 e. The van der Waals surface area contributed by atoms with Crippen molar-refractivity contribution in [1.82, 2.24) is 9.55 Å². The number of benzene rings is 1. The van der Waals surface area contributed by atoms with Crippen LogP contribution in [0.4, 0.5) is 0 Å². The minimum Gasteiger partial charge on any atom is -0.496 e. The molecule has 0 bridgehead atoms. The number of rotatable bonds is 5. The van der Waals surface area contributed by atoms with Gasteiger partial charge in [0.15, 0.2) is 0 Å². The van der Waals surface area contributed by atoms with Gasteiger partial charge in [0.1, 0.15) is 10.4 Å². The number of hydrogen-bond acceptors (Lipinski definition) is 2. The standard InChI is InChI=1S/C16H21BrN2O/c1-11(2)13-9-12(6-8-15(13)20-4)5-7-14-16(17)19(3)10-18-14/h6,8-11H,5,7H2,1-4H3. The van der Waals surface area contributed by atoms with Crippen LogP contribution in [0.2, 0.25) is 0 Å². The van der Waals surface area contributed by atoms with Crippen LogP contribution in [0.3, 0.4) is 0 Å². The monoisotopic (exact) mass is 336 g/mol. The van der Waals surface area contributed by atoms with Gasteiger partial charge in [0.25, 0.3) is 0 Å². The van der Waals surface area contributed by atoms with Gasteiger partial charge in [-0.05, 0) is 51.9 Å². The van der Waals surface area contributed by atoms with E-state index < -0.39 is 0 Å². The zero-order chi connectivity index (χ0) is 14.7. The highest BCUT2D eigenvalue weighted by atomic mass is 79.9. The van der Waals surface area contributed by atoms with Crippen LogP contribution in [0.5, 0.6) is 5.75 Å². The molecular formula is C16H21BrN2O. The highest BCUT2D eigenvalue weighted by Crippen LogP contribution is 2.28. The number of aromatic nitrogens is 2. The van der Waals surface area contributed by atoms with E-state index in [9.17, 15) is 0 Å². The predicted molar refractivity (Wildman–Crippen MR) is 85.4 cm³/mol. The number of ether oxygens (including phenoxy) is 1. The second kappa shape index (κ2) is 6.44. The average Bonchev–Trinajstić information content (AvgIpc) is 2.76. The lowest BCUT2D eigenvalue weighted by molar-refractivity contribution is 0.407. The first-order valence-electron chi connectivity index (χ1n) is 6.85. The van der Waals surface area contributed by atoms with E-state index >= 15 is 0 Å². The Morgan fingerprint density at radius 3 is 2.60 bits per heavy atom. The molecule has 20 heavy (non-hydrogen) atoms. The van der Waals surface area contributed by atoms with E-state index in [-0.39, 0.29) is 0 Å². The minimum atomic E-state index is 0.464. The van der Waals surface area contributed by atoms with E-state index in [4.69, 9.17) is 4.74 Å². The van der Waals surface area contributed by atoms with Gasteiger partial charge in [0.2, 0.25) is 0 Å². The zero-order valence-electron chi connectivity index (χ0n) is 12.5. The van der Waals surface area contributed by atoms with Crippen LogP contribution >= 0.6 is 15.9 Å². The highest BCUT2D eigenvalue weighted by Gasteiger charge is 2.10. The molecule has 0 saturated carbocycles. The maximum absolute atomic E-state index is 5.42. The van der Waals surface area contributed by atoms with E-state index in [1.54, 1.807) is 7.11 Å². The van der Waals surface area contributed by atoms with Crippen molar-refractivity contribution in [2.45, 2.75) is 32.6 Å². The lowest BCUT2D eigenvalue weighted by Gasteiger charge is -2.13. The molecule has 0 unspecified atom stereocenters. The van der Waals surface area contributed by atoms with Gasteiger partial charge in [0, 0.05) is 7.05 Å². The molecule has 3 nitrogen and oxygen atoms in total. The average molecular weight is 337 g/mol. The molecule has 0 radical (unpaired) electrons. The Morgan fingerprint density at radius 1 is 1.30 bits per heavy atom. The van der Waals surface area contributed by atoms with Gasteiger partial charge >= 0.3 is 0 Å². The summed E-state index contributed by atoms with van der Waals surface area (Å²) in [6.07, 6.45) is 3.76. The van der Waals surface area contributed by atoms with E-state index in [0.29, 0.717) is 5.92 Å². The van der Waals surface area contributed by atoms with Crippen molar-refractivity contribution < 1.29 is 4.74 Å². The molecule has 4 heteroatoms. The van der Waals surface area contributed by atoms with Crippen LogP contribution in [-0.2, 0) is 19.9 Å². The topological polar surface area (TPSA) is 27.1 Å². The van der Waals surface area contributed by atoms with Crippen molar-refractivity contribution in [3.8, 4) is 5.75 Å². The molecule has 0 spiro atoms. The molecule has 0 atom stereocenters. The van der Waals surface area contributed by atoms with E-state index in [1.165, 1.54) is 11.1 Å². The summed E-state index contributed by atoms with van der Waals surface area (Å²) in [5.41, 5.74) is 3.70. The summed E-state index contributed by atoms with van der Waals surface area (Å²) in [7, 11) is 3.72. The molecule has 1 heterocycles. The summed E-state index contributed by atoms with van der Waals surface area (Å²) in [5, 5.41) is 0. The first-order valence-corrected chi connectivity index (χ1v) is 7.64. The maximum atomic E-state index is 5.42. The van der Waals surface area contributed by atoms with Crippen molar-refractivity contribution in [2.24, 2.45) is 7.05 Å². The summed E-state index contributed by atoms with van der Waals surface area (Å²) in [5.74, 6) is 1.44. The number of halogens is 1. The van der Waals surface area contributed by atoms with Gasteiger partial charge in [-0.1, -0.05) is 26.0 Å². The summed E-state index contributed by atoms with van der Waals surface area (Å²) < 4.78 is 8.48. The van der Waals surface area contributed by atoms with Crippen LogP contribution < -0.4 is 4.74 Å². The highest BCUT2D eigenvalue weighted by molar-refractivity contribution is 9.10. The van der Waals surface area contributed by atoms with Crippen molar-refractivity contribution >= 4 is 15.9 Å². The normalized spacial score (nSPS) is 11.1. The number of nitrogens with zero attached hydrogens (tertiary/aromatic N) is 2. The Hall–Kier alpha value is -1.29. The number of aryl methyl sites for hydroxylation is 3. The van der Waals surface area contributed by atoms with Crippen LogP contribution in [0.25, 0.3) is 0 Å². The SMILES string of the molecule is COc1ccc(CCc2ncn(C)c2Br)cc1C(C)C. The molecule has 1 aromatic heterocycles. The molecule has 1 aromatic carbocycles. The number of imidazole rings is 1. The first-order chi connectivity index (χ1) is 9.52. The molecule has 0 fully saturated rings. The zero-order valence-corrected chi connectivity index (χ0v) is 14.1. The van der Waals surface area contributed by atoms with E-state index in [1.807, 2.05) is 17.9 Å². The number of methoxy groups -OCH3 is 1. The molecule has 0 saturated heterocycles. The minimum absolute atomic E-state index is 0.464. The van der Waals surface area contributed by atoms with E-state index in [0.717, 1.165) is 28.9 Å². The molecule has 108 valence electrons. The van der Waals surface area contributed by atoms with Gasteiger partial charge < -0.3 is 9.30 Å². The smallest absolute Gasteiger partial charge is 0.122 e. The van der Waals surface area contributed by atoms with Crippen molar-refractivity contribution in [3.05, 3.63) is 46.0 Å². The molecule has 0 N–H and O–H groups in total. The van der Waals surface area contributed by atoms with Crippen LogP contribution in [0.1, 0.15) is 36.6 Å². The summed E-state index contributed by atoms with van der Waals surface area (Å²) in [6, 6.07) is 6.46. The fraction of sp³-hybridized carbons (Fsp3) is 0.438. The Kier molecular flexibility index (Phi) is 4.86. The quantitative estimate of drug-likeness (QED) is 0.821. The second-order valence-electron chi connectivity index (χ2n) is 5.32. The van der Waals surface area contributed by atoms with Gasteiger partial charge in [0.05, 0.1) is 19.1 Å². The van der Waals surface area contributed by atoms with Gasteiger partial charge in [-0.15, -0.1) is 0 Å². The molecule has 0 amide bonds. The van der Waals surface area contributed by atoms with Crippen molar-refractivity contribution in [3.63, 3.8) is 0 Å². The molecule has 0 aliphatic rings. The molecule has 0 aliphatic carbocycles. The van der Waals surface area contributed by atoms with Gasteiger partial charge in [-0.3, -0.25) is 0 Å². The van der Waals surface area contributed by atoms with Gasteiger partial charge in [-0.25, -0.2) is 4.98 Å². The third-order valence-corrected chi connectivity index (χ3v) is 4.52. The molecule has 2 rings (SSSR count). The lowest BCUT2D eigenvalue weighted by Crippen LogP contribution is -1.98. The van der Waals surface area contributed by atoms with E-state index in [2.05, 4.69) is 53.0 Å². The summed E-state index contributed by atoms with van der Waals surface area (Å²) in [4.78, 5) is 4.41. The van der Waals surface area contributed by atoms with Crippen molar-refractivity contribution in [1.29, 1.82) is 0 Å². The Morgan fingerprint density at radius 2 is 2.05 bits per heavy atom. The number of hydrogen-bond donors (Lipinski definition) is 0. The van der Waals surface area contributed by atoms with Crippen molar-refractivity contribution in [2.75, 3.05) is 7.11 Å². The van der Waals surface area contributed by atoms with Crippen LogP contribution in [-0.4, -0.2) is 16.7 Å². The van der Waals surface area contributed by atoms with Crippen LogP contribution in [0, 0.1) is 0 Å². The van der Waals surface area contributed by atoms with Gasteiger partial charge in [-0.2, -0.15) is 0 Å². The predicted octanol–water partition coefficient (Wildman–Crippen LogP) is 4.10. The third-order valence-electron chi connectivity index (χ3n) is 3.50. The van der Waals surface area contributed by atoms with Crippen LogP contribution in [0.15, 0.2) is 29.1 Å². The largest absolute Gasteiger partial charge is 0.496 e. The second-order valence-corrected chi connectivity index (χ2v) is 6.08. The molecular weight excluding hydrogens is 316 g/mol. The summed E-state index contributed by atoms with van der Waals surface area (Å²) in [6.45, 7) is 4.38. The molecule has 0 aliphatic heterocycles. The summed E-state index contributed by atoms with van der Waals surface area (Å²) >= 11 is 3.56.